The Morgan fingerprint density at radius 2 is 1.91 bits per heavy atom. The Morgan fingerprint density at radius 1 is 1.14 bits per heavy atom. The standard InChI is InChI=1S/C24H23N3O6S2/c1-2-32-23(29)21-19(16-8-6-9-17(14-16)27(30)31)15-35-22(21)26-24(34)25-20(28)12-7-13-33-18-10-4-3-5-11-18/h3-6,8-11,14-15H,2,7,12-13H2,1H3,(H2,25,26,28,34). The van der Waals surface area contributed by atoms with Crippen LogP contribution in [-0.2, 0) is 9.53 Å². The van der Waals surface area contributed by atoms with Gasteiger partial charge in [-0.25, -0.2) is 4.79 Å². The molecule has 0 radical (unpaired) electrons. The summed E-state index contributed by atoms with van der Waals surface area (Å²) in [7, 11) is 0. The van der Waals surface area contributed by atoms with Crippen molar-refractivity contribution < 1.29 is 24.0 Å². The lowest BCUT2D eigenvalue weighted by Gasteiger charge is -2.11. The van der Waals surface area contributed by atoms with E-state index in [0.717, 1.165) is 5.75 Å². The number of non-ortho nitro benzene ring substituents is 1. The third kappa shape index (κ3) is 7.33. The molecule has 0 saturated carbocycles. The molecule has 3 aromatic rings. The van der Waals surface area contributed by atoms with Crippen molar-refractivity contribution in [3.63, 3.8) is 0 Å². The molecule has 0 aliphatic carbocycles. The second kappa shape index (κ2) is 12.6. The summed E-state index contributed by atoms with van der Waals surface area (Å²) in [6.45, 7) is 2.20. The predicted octanol–water partition coefficient (Wildman–Crippen LogP) is 5.17. The molecule has 0 atom stereocenters. The molecule has 0 unspecified atom stereocenters. The molecule has 0 aliphatic heterocycles. The smallest absolute Gasteiger partial charge is 0.341 e. The molecule has 1 heterocycles. The lowest BCUT2D eigenvalue weighted by Crippen LogP contribution is -2.34. The number of carbonyl (C=O) groups is 2. The molecule has 0 saturated heterocycles. The summed E-state index contributed by atoms with van der Waals surface area (Å²) >= 11 is 6.42. The molecule has 35 heavy (non-hydrogen) atoms. The van der Waals surface area contributed by atoms with Gasteiger partial charge in [-0.15, -0.1) is 11.3 Å². The minimum Gasteiger partial charge on any atom is -0.494 e. The Hall–Kier alpha value is -3.83. The highest BCUT2D eigenvalue weighted by Crippen LogP contribution is 2.37. The fourth-order valence-electron chi connectivity index (χ4n) is 3.12. The molecule has 0 bridgehead atoms. The van der Waals surface area contributed by atoms with Gasteiger partial charge in [0, 0.05) is 29.5 Å². The number of anilines is 1. The summed E-state index contributed by atoms with van der Waals surface area (Å²) in [5, 5.41) is 18.7. The zero-order chi connectivity index (χ0) is 25.2. The van der Waals surface area contributed by atoms with Crippen LogP contribution in [0.5, 0.6) is 5.75 Å². The molecular formula is C24H23N3O6S2. The van der Waals surface area contributed by atoms with Crippen molar-refractivity contribution in [3.05, 3.63) is 75.7 Å². The molecule has 1 amide bonds. The Bertz CT molecular complexity index is 1210. The van der Waals surface area contributed by atoms with E-state index in [1.54, 1.807) is 24.4 Å². The van der Waals surface area contributed by atoms with Crippen LogP contribution in [0.1, 0.15) is 30.1 Å². The first-order valence-corrected chi connectivity index (χ1v) is 12.0. The number of nitrogens with one attached hydrogen (secondary N) is 2. The molecule has 182 valence electrons. The SMILES string of the molecule is CCOC(=O)c1c(-c2cccc([N+](=O)[O-])c2)csc1NC(=S)NC(=O)CCCOc1ccccc1. The van der Waals surface area contributed by atoms with Gasteiger partial charge in [0.05, 0.1) is 18.1 Å². The average Bonchev–Trinajstić information content (AvgIpc) is 3.26. The predicted molar refractivity (Wildman–Crippen MR) is 138 cm³/mol. The van der Waals surface area contributed by atoms with Gasteiger partial charge in [0.15, 0.2) is 5.11 Å². The summed E-state index contributed by atoms with van der Waals surface area (Å²) in [5.74, 6) is -0.175. The minimum absolute atomic E-state index is 0.0250. The number of hydrogen-bond acceptors (Lipinski definition) is 8. The maximum Gasteiger partial charge on any atom is 0.341 e. The number of rotatable bonds is 10. The summed E-state index contributed by atoms with van der Waals surface area (Å²) in [6, 6.07) is 15.3. The number of esters is 1. The lowest BCUT2D eigenvalue weighted by molar-refractivity contribution is -0.384. The van der Waals surface area contributed by atoms with Crippen LogP contribution in [0.2, 0.25) is 0 Å². The second-order valence-corrected chi connectivity index (χ2v) is 8.44. The van der Waals surface area contributed by atoms with E-state index in [1.165, 1.54) is 23.5 Å². The minimum atomic E-state index is -0.607. The zero-order valence-electron chi connectivity index (χ0n) is 18.8. The molecule has 2 aromatic carbocycles. The first kappa shape index (κ1) is 25.8. The van der Waals surface area contributed by atoms with E-state index in [0.29, 0.717) is 29.2 Å². The summed E-state index contributed by atoms with van der Waals surface area (Å²) in [5.41, 5.74) is 1.04. The van der Waals surface area contributed by atoms with Crippen molar-refractivity contribution in [3.8, 4) is 16.9 Å². The van der Waals surface area contributed by atoms with Crippen molar-refractivity contribution in [1.82, 2.24) is 5.32 Å². The van der Waals surface area contributed by atoms with Crippen LogP contribution in [0.15, 0.2) is 60.0 Å². The zero-order valence-corrected chi connectivity index (χ0v) is 20.4. The monoisotopic (exact) mass is 513 g/mol. The highest BCUT2D eigenvalue weighted by molar-refractivity contribution is 7.80. The largest absolute Gasteiger partial charge is 0.494 e. The third-order valence-electron chi connectivity index (χ3n) is 4.68. The van der Waals surface area contributed by atoms with Crippen LogP contribution in [0, 0.1) is 10.1 Å². The summed E-state index contributed by atoms with van der Waals surface area (Å²) in [6.07, 6.45) is 0.691. The fourth-order valence-corrected chi connectivity index (χ4v) is 4.36. The maximum absolute atomic E-state index is 12.7. The number of para-hydroxylation sites is 1. The number of carbonyl (C=O) groups excluding carboxylic acids is 2. The number of ether oxygens (including phenoxy) is 2. The average molecular weight is 514 g/mol. The molecule has 1 aromatic heterocycles. The quantitative estimate of drug-likeness (QED) is 0.125. The van der Waals surface area contributed by atoms with Crippen LogP contribution >= 0.6 is 23.6 Å². The van der Waals surface area contributed by atoms with Crippen LogP contribution in [0.4, 0.5) is 10.7 Å². The Kier molecular flexibility index (Phi) is 9.27. The van der Waals surface area contributed by atoms with Crippen molar-refractivity contribution >= 4 is 51.2 Å². The van der Waals surface area contributed by atoms with E-state index < -0.39 is 10.9 Å². The van der Waals surface area contributed by atoms with Gasteiger partial charge in [0.25, 0.3) is 5.69 Å². The number of amides is 1. The molecule has 11 heteroatoms. The number of hydrogen-bond donors (Lipinski definition) is 2. The number of nitro groups is 1. The molecule has 2 N–H and O–H groups in total. The molecule has 0 spiro atoms. The number of benzene rings is 2. The third-order valence-corrected chi connectivity index (χ3v) is 5.78. The molecular weight excluding hydrogens is 490 g/mol. The van der Waals surface area contributed by atoms with Gasteiger partial charge < -0.3 is 20.1 Å². The maximum atomic E-state index is 12.7. The van der Waals surface area contributed by atoms with E-state index in [2.05, 4.69) is 10.6 Å². The number of nitrogens with zero attached hydrogens (tertiary/aromatic N) is 1. The second-order valence-electron chi connectivity index (χ2n) is 7.15. The van der Waals surface area contributed by atoms with E-state index in [-0.39, 0.29) is 35.3 Å². The summed E-state index contributed by atoms with van der Waals surface area (Å²) < 4.78 is 10.8. The Labute approximate surface area is 211 Å². The van der Waals surface area contributed by atoms with Crippen molar-refractivity contribution in [2.45, 2.75) is 19.8 Å². The highest BCUT2D eigenvalue weighted by atomic mass is 32.1. The number of thiophene rings is 1. The topological polar surface area (TPSA) is 120 Å². The molecule has 0 fully saturated rings. The van der Waals surface area contributed by atoms with E-state index >= 15 is 0 Å². The van der Waals surface area contributed by atoms with E-state index in [4.69, 9.17) is 21.7 Å². The van der Waals surface area contributed by atoms with Gasteiger partial charge in [0.2, 0.25) is 5.91 Å². The first-order chi connectivity index (χ1) is 16.9. The fraction of sp³-hybridized carbons (Fsp3) is 0.208. The summed E-state index contributed by atoms with van der Waals surface area (Å²) in [4.78, 5) is 35.6. The lowest BCUT2D eigenvalue weighted by atomic mass is 10.0. The van der Waals surface area contributed by atoms with Crippen LogP contribution in [0.3, 0.4) is 0 Å². The van der Waals surface area contributed by atoms with Gasteiger partial charge >= 0.3 is 5.97 Å². The van der Waals surface area contributed by atoms with Crippen molar-refractivity contribution in [1.29, 1.82) is 0 Å². The molecule has 0 aliphatic rings. The van der Waals surface area contributed by atoms with Gasteiger partial charge in [-0.1, -0.05) is 30.3 Å². The number of nitro benzene ring substituents is 1. The van der Waals surface area contributed by atoms with Gasteiger partial charge in [0.1, 0.15) is 16.3 Å². The number of thiocarbonyl (C=S) groups is 1. The Morgan fingerprint density at radius 3 is 2.63 bits per heavy atom. The van der Waals surface area contributed by atoms with Crippen LogP contribution in [-0.4, -0.2) is 35.1 Å². The normalized spacial score (nSPS) is 10.3. The van der Waals surface area contributed by atoms with Gasteiger partial charge in [-0.3, -0.25) is 14.9 Å². The molecule has 3 rings (SSSR count). The van der Waals surface area contributed by atoms with E-state index in [1.807, 2.05) is 30.3 Å². The highest BCUT2D eigenvalue weighted by Gasteiger charge is 2.23. The Balaban J connectivity index is 1.64. The van der Waals surface area contributed by atoms with Crippen LogP contribution in [0.25, 0.3) is 11.1 Å². The van der Waals surface area contributed by atoms with E-state index in [9.17, 15) is 19.7 Å². The van der Waals surface area contributed by atoms with Gasteiger partial charge in [-0.05, 0) is 43.3 Å². The van der Waals surface area contributed by atoms with Crippen LogP contribution < -0.4 is 15.4 Å². The van der Waals surface area contributed by atoms with Crippen molar-refractivity contribution in [2.75, 3.05) is 18.5 Å². The molecule has 9 nitrogen and oxygen atoms in total. The first-order valence-electron chi connectivity index (χ1n) is 10.7. The van der Waals surface area contributed by atoms with Crippen molar-refractivity contribution in [2.24, 2.45) is 0 Å². The van der Waals surface area contributed by atoms with Gasteiger partial charge in [-0.2, -0.15) is 0 Å².